The Balaban J connectivity index is 1.60. The number of nitrogens with one attached hydrogen (secondary N) is 1. The predicted octanol–water partition coefficient (Wildman–Crippen LogP) is 2.28. The molecule has 3 rings (SSSR count). The van der Waals surface area contributed by atoms with E-state index >= 15 is 0 Å². The molecule has 2 aromatic rings. The van der Waals surface area contributed by atoms with Crippen LogP contribution in [0.4, 0.5) is 0 Å². The van der Waals surface area contributed by atoms with Crippen molar-refractivity contribution in [1.82, 2.24) is 14.8 Å². The summed E-state index contributed by atoms with van der Waals surface area (Å²) in [5.41, 5.74) is 1.71. The molecule has 1 aromatic heterocycles. The van der Waals surface area contributed by atoms with Crippen molar-refractivity contribution in [3.63, 3.8) is 0 Å². The molecule has 6 nitrogen and oxygen atoms in total. The maximum absolute atomic E-state index is 12.7. The Morgan fingerprint density at radius 2 is 2.04 bits per heavy atom. The average molecular weight is 363 g/mol. The minimum Gasteiger partial charge on any atom is -0.360 e. The second-order valence-corrected chi connectivity index (χ2v) is 8.30. The van der Waals surface area contributed by atoms with Crippen LogP contribution in [-0.4, -0.2) is 44.2 Å². The van der Waals surface area contributed by atoms with E-state index in [0.717, 1.165) is 38.9 Å². The van der Waals surface area contributed by atoms with E-state index in [2.05, 4.69) is 26.9 Å². The van der Waals surface area contributed by atoms with Gasteiger partial charge in [0, 0.05) is 19.1 Å². The molecule has 7 heteroatoms. The molecule has 1 N–H and O–H groups in total. The van der Waals surface area contributed by atoms with Crippen molar-refractivity contribution < 1.29 is 12.9 Å². The third kappa shape index (κ3) is 4.48. The monoisotopic (exact) mass is 363 g/mol. The molecule has 136 valence electrons. The number of piperidine rings is 1. The Bertz CT molecular complexity index is 783. The van der Waals surface area contributed by atoms with Gasteiger partial charge in [-0.25, -0.2) is 13.1 Å². The molecule has 1 fully saturated rings. The molecule has 2 heterocycles. The van der Waals surface area contributed by atoms with Gasteiger partial charge in [0.15, 0.2) is 5.76 Å². The Morgan fingerprint density at radius 3 is 2.72 bits per heavy atom. The van der Waals surface area contributed by atoms with Crippen molar-refractivity contribution >= 4 is 10.0 Å². The summed E-state index contributed by atoms with van der Waals surface area (Å²) >= 11 is 0. The van der Waals surface area contributed by atoms with E-state index in [0.29, 0.717) is 11.5 Å². The van der Waals surface area contributed by atoms with E-state index < -0.39 is 10.0 Å². The van der Waals surface area contributed by atoms with Crippen molar-refractivity contribution in [3.8, 4) is 0 Å². The Morgan fingerprint density at radius 1 is 1.28 bits per heavy atom. The number of hydrogen-bond acceptors (Lipinski definition) is 5. The fourth-order valence-corrected chi connectivity index (χ4v) is 5.01. The molecule has 0 radical (unpaired) electrons. The second kappa shape index (κ2) is 7.68. The molecule has 0 spiro atoms. The van der Waals surface area contributed by atoms with Crippen molar-refractivity contribution in [2.24, 2.45) is 0 Å². The number of benzene rings is 1. The van der Waals surface area contributed by atoms with Crippen LogP contribution in [-0.2, 0) is 16.4 Å². The largest absolute Gasteiger partial charge is 0.360 e. The first-order chi connectivity index (χ1) is 12.0. The predicted molar refractivity (Wildman–Crippen MR) is 95.9 cm³/mol. The van der Waals surface area contributed by atoms with Gasteiger partial charge in [0.05, 0.1) is 0 Å². The number of likely N-dealkylation sites (tertiary alicyclic amines) is 1. The van der Waals surface area contributed by atoms with Crippen LogP contribution in [0.1, 0.15) is 29.9 Å². The first-order valence-electron chi connectivity index (χ1n) is 8.67. The van der Waals surface area contributed by atoms with Crippen LogP contribution < -0.4 is 4.72 Å². The lowest BCUT2D eigenvalue weighted by molar-refractivity contribution is 0.204. The summed E-state index contributed by atoms with van der Waals surface area (Å²) in [5, 5.41) is 3.75. The summed E-state index contributed by atoms with van der Waals surface area (Å²) in [6.45, 7) is 5.96. The average Bonchev–Trinajstić information content (AvgIpc) is 2.93. The number of aromatic nitrogens is 1. The van der Waals surface area contributed by atoms with Gasteiger partial charge in [0.25, 0.3) is 0 Å². The molecule has 1 aliphatic heterocycles. The number of hydrogen-bond donors (Lipinski definition) is 1. The molecule has 1 aliphatic rings. The lowest BCUT2D eigenvalue weighted by Gasteiger charge is -2.33. The van der Waals surface area contributed by atoms with Crippen LogP contribution in [0.2, 0.25) is 0 Å². The molecular weight excluding hydrogens is 338 g/mol. The quantitative estimate of drug-likeness (QED) is 0.852. The highest BCUT2D eigenvalue weighted by Gasteiger charge is 2.29. The maximum atomic E-state index is 12.7. The van der Waals surface area contributed by atoms with E-state index in [1.54, 1.807) is 13.8 Å². The summed E-state index contributed by atoms with van der Waals surface area (Å²) in [6.07, 6.45) is 2.82. The fraction of sp³-hybridized carbons (Fsp3) is 0.500. The van der Waals surface area contributed by atoms with Gasteiger partial charge in [-0.1, -0.05) is 35.5 Å². The van der Waals surface area contributed by atoms with Crippen LogP contribution in [0.3, 0.4) is 0 Å². The zero-order valence-electron chi connectivity index (χ0n) is 14.7. The number of sulfonamides is 1. The molecule has 0 unspecified atom stereocenters. The van der Waals surface area contributed by atoms with Crippen molar-refractivity contribution in [2.45, 2.75) is 44.0 Å². The highest BCUT2D eigenvalue weighted by Crippen LogP contribution is 2.20. The highest BCUT2D eigenvalue weighted by atomic mass is 32.2. The lowest BCUT2D eigenvalue weighted by Crippen LogP contribution is -2.48. The minimum absolute atomic E-state index is 0.0803. The summed E-state index contributed by atoms with van der Waals surface area (Å²) in [4.78, 5) is 2.51. The smallest absolute Gasteiger partial charge is 0.246 e. The molecule has 1 atom stereocenters. The van der Waals surface area contributed by atoms with Crippen molar-refractivity contribution in [2.75, 3.05) is 19.6 Å². The number of nitrogens with zero attached hydrogens (tertiary/aromatic N) is 2. The molecule has 0 bridgehead atoms. The Hall–Kier alpha value is -1.70. The van der Waals surface area contributed by atoms with Gasteiger partial charge < -0.3 is 9.42 Å². The molecule has 0 amide bonds. The SMILES string of the molecule is Cc1noc(C)c1S(=O)(=O)N[C@H]1CCCN(CCc2ccccc2)C1. The zero-order valence-corrected chi connectivity index (χ0v) is 15.6. The summed E-state index contributed by atoms with van der Waals surface area (Å²) in [7, 11) is -3.60. The number of rotatable bonds is 6. The Labute approximate surface area is 149 Å². The first-order valence-corrected chi connectivity index (χ1v) is 10.2. The summed E-state index contributed by atoms with van der Waals surface area (Å²) in [6, 6.07) is 10.3. The molecule has 1 saturated heterocycles. The fourth-order valence-electron chi connectivity index (χ4n) is 3.42. The first kappa shape index (κ1) is 18.1. The van der Waals surface area contributed by atoms with Crippen LogP contribution in [0.15, 0.2) is 39.8 Å². The van der Waals surface area contributed by atoms with E-state index in [-0.39, 0.29) is 10.9 Å². The van der Waals surface area contributed by atoms with Gasteiger partial charge >= 0.3 is 0 Å². The summed E-state index contributed by atoms with van der Waals surface area (Å²) in [5.74, 6) is 0.335. The lowest BCUT2D eigenvalue weighted by atomic mass is 10.1. The van der Waals surface area contributed by atoms with Crippen molar-refractivity contribution in [3.05, 3.63) is 47.3 Å². The van der Waals surface area contributed by atoms with Crippen LogP contribution in [0.25, 0.3) is 0 Å². The molecule has 0 aliphatic carbocycles. The van der Waals surface area contributed by atoms with Gasteiger partial charge in [-0.3, -0.25) is 0 Å². The third-order valence-corrected chi connectivity index (χ3v) is 6.39. The van der Waals surface area contributed by atoms with Gasteiger partial charge in [-0.15, -0.1) is 0 Å². The van der Waals surface area contributed by atoms with Gasteiger partial charge in [-0.2, -0.15) is 0 Å². The topological polar surface area (TPSA) is 75.4 Å². The normalized spacial score (nSPS) is 19.2. The summed E-state index contributed by atoms with van der Waals surface area (Å²) < 4.78 is 33.2. The zero-order chi connectivity index (χ0) is 17.9. The molecular formula is C18H25N3O3S. The maximum Gasteiger partial charge on any atom is 0.246 e. The van der Waals surface area contributed by atoms with Crippen LogP contribution in [0.5, 0.6) is 0 Å². The van der Waals surface area contributed by atoms with Crippen LogP contribution in [0, 0.1) is 13.8 Å². The standard InChI is InChI=1S/C18H25N3O3S/c1-14-18(15(2)24-19-14)25(22,23)20-17-9-6-11-21(13-17)12-10-16-7-4-3-5-8-16/h3-5,7-8,17,20H,6,9-13H2,1-2H3/t17-/m0/s1. The van der Waals surface area contributed by atoms with E-state index in [1.165, 1.54) is 5.56 Å². The van der Waals surface area contributed by atoms with Gasteiger partial charge in [-0.05, 0) is 45.2 Å². The Kier molecular flexibility index (Phi) is 5.56. The minimum atomic E-state index is -3.60. The number of aryl methyl sites for hydroxylation is 2. The van der Waals surface area contributed by atoms with Crippen molar-refractivity contribution in [1.29, 1.82) is 0 Å². The van der Waals surface area contributed by atoms with Crippen LogP contribution >= 0.6 is 0 Å². The second-order valence-electron chi connectivity index (χ2n) is 6.65. The molecule has 25 heavy (non-hydrogen) atoms. The van der Waals surface area contributed by atoms with E-state index in [4.69, 9.17) is 4.52 Å². The molecule has 0 saturated carbocycles. The van der Waals surface area contributed by atoms with E-state index in [1.807, 2.05) is 18.2 Å². The van der Waals surface area contributed by atoms with Gasteiger partial charge in [0.1, 0.15) is 10.6 Å². The highest BCUT2D eigenvalue weighted by molar-refractivity contribution is 7.89. The molecule has 1 aromatic carbocycles. The van der Waals surface area contributed by atoms with E-state index in [9.17, 15) is 8.42 Å². The third-order valence-electron chi connectivity index (χ3n) is 4.62. The van der Waals surface area contributed by atoms with Gasteiger partial charge in [0.2, 0.25) is 10.0 Å².